The van der Waals surface area contributed by atoms with E-state index in [0.29, 0.717) is 10.8 Å². The zero-order valence-corrected chi connectivity index (χ0v) is 11.5. The van der Waals surface area contributed by atoms with Gasteiger partial charge in [0, 0.05) is 12.1 Å². The van der Waals surface area contributed by atoms with Gasteiger partial charge in [-0.15, -0.1) is 0 Å². The number of benzene rings is 1. The van der Waals surface area contributed by atoms with Gasteiger partial charge in [-0.25, -0.2) is 0 Å². The molecule has 0 aromatic heterocycles. The number of ether oxygens (including phenoxy) is 1. The number of aliphatic hydroxyl groups is 1. The van der Waals surface area contributed by atoms with Crippen LogP contribution in [-0.2, 0) is 4.79 Å². The fourth-order valence-electron chi connectivity index (χ4n) is 1.42. The highest BCUT2D eigenvalue weighted by Gasteiger charge is 2.22. The number of carbonyl (C=O) groups is 1. The fraction of sp³-hybridized carbons (Fsp3) is 0.462. The van der Waals surface area contributed by atoms with E-state index in [4.69, 9.17) is 21.4 Å². The molecule has 100 valence electrons. The summed E-state index contributed by atoms with van der Waals surface area (Å²) < 4.78 is 5.52. The van der Waals surface area contributed by atoms with E-state index >= 15 is 0 Å². The lowest BCUT2D eigenvalue weighted by Crippen LogP contribution is -2.44. The molecule has 2 atom stereocenters. The van der Waals surface area contributed by atoms with Gasteiger partial charge in [0.15, 0.2) is 6.10 Å². The summed E-state index contributed by atoms with van der Waals surface area (Å²) in [6, 6.07) is 6.66. The van der Waals surface area contributed by atoms with Crippen LogP contribution in [0.1, 0.15) is 13.8 Å². The molecule has 0 bridgehead atoms. The van der Waals surface area contributed by atoms with Gasteiger partial charge in [-0.3, -0.25) is 4.79 Å². The Labute approximate surface area is 112 Å². The molecule has 0 aliphatic rings. The second kappa shape index (κ2) is 6.61. The van der Waals surface area contributed by atoms with Crippen molar-refractivity contribution in [2.75, 3.05) is 13.7 Å². The van der Waals surface area contributed by atoms with Gasteiger partial charge >= 0.3 is 0 Å². The van der Waals surface area contributed by atoms with Gasteiger partial charge in [0.2, 0.25) is 0 Å². The van der Waals surface area contributed by atoms with Gasteiger partial charge < -0.3 is 14.7 Å². The van der Waals surface area contributed by atoms with Crippen molar-refractivity contribution in [3.8, 4) is 5.75 Å². The van der Waals surface area contributed by atoms with E-state index in [9.17, 15) is 4.79 Å². The number of likely N-dealkylation sites (N-methyl/N-ethyl adjacent to an activating group) is 1. The number of carbonyl (C=O) groups excluding carboxylic acids is 1. The molecule has 1 N–H and O–H groups in total. The van der Waals surface area contributed by atoms with Crippen LogP contribution in [0.3, 0.4) is 0 Å². The molecule has 1 rings (SSSR count). The maximum atomic E-state index is 12.0. The third kappa shape index (κ3) is 3.89. The zero-order valence-electron chi connectivity index (χ0n) is 10.8. The molecule has 0 aliphatic carbocycles. The SMILES string of the molecule is CC(Oc1cccc(Cl)c1)C(=O)N(C)C(C)CO. The quantitative estimate of drug-likeness (QED) is 0.890. The van der Waals surface area contributed by atoms with E-state index in [1.807, 2.05) is 0 Å². The first-order valence-corrected chi connectivity index (χ1v) is 6.13. The molecule has 0 spiro atoms. The van der Waals surface area contributed by atoms with Gasteiger partial charge in [-0.05, 0) is 32.0 Å². The Bertz CT molecular complexity index is 411. The molecule has 0 heterocycles. The van der Waals surface area contributed by atoms with Crippen LogP contribution in [0.25, 0.3) is 0 Å². The zero-order chi connectivity index (χ0) is 13.7. The Morgan fingerprint density at radius 1 is 1.50 bits per heavy atom. The minimum absolute atomic E-state index is 0.0773. The number of rotatable bonds is 5. The van der Waals surface area contributed by atoms with Crippen LogP contribution >= 0.6 is 11.6 Å². The number of aliphatic hydroxyl groups excluding tert-OH is 1. The van der Waals surface area contributed by atoms with Crippen LogP contribution in [0.5, 0.6) is 5.75 Å². The lowest BCUT2D eigenvalue weighted by Gasteiger charge is -2.26. The van der Waals surface area contributed by atoms with Gasteiger partial charge in [0.05, 0.1) is 12.6 Å². The standard InChI is InChI=1S/C13H18ClNO3/c1-9(8-16)15(3)13(17)10(2)18-12-6-4-5-11(14)7-12/h4-7,9-10,16H,8H2,1-3H3. The largest absolute Gasteiger partial charge is 0.481 e. The van der Waals surface area contributed by atoms with Crippen molar-refractivity contribution in [2.45, 2.75) is 26.0 Å². The second-order valence-electron chi connectivity index (χ2n) is 4.20. The summed E-state index contributed by atoms with van der Waals surface area (Å²) in [5, 5.41) is 9.57. The summed E-state index contributed by atoms with van der Waals surface area (Å²) in [5.41, 5.74) is 0. The Kier molecular flexibility index (Phi) is 5.44. The number of hydrogen-bond donors (Lipinski definition) is 1. The predicted molar refractivity (Wildman–Crippen MR) is 70.9 cm³/mol. The summed E-state index contributed by atoms with van der Waals surface area (Å²) in [7, 11) is 1.64. The van der Waals surface area contributed by atoms with Crippen molar-refractivity contribution in [2.24, 2.45) is 0 Å². The van der Waals surface area contributed by atoms with Gasteiger partial charge in [-0.1, -0.05) is 17.7 Å². The average molecular weight is 272 g/mol. The number of amides is 1. The topological polar surface area (TPSA) is 49.8 Å². The molecule has 5 heteroatoms. The highest BCUT2D eigenvalue weighted by Crippen LogP contribution is 2.18. The fourth-order valence-corrected chi connectivity index (χ4v) is 1.60. The third-order valence-corrected chi connectivity index (χ3v) is 2.96. The minimum atomic E-state index is -0.623. The van der Waals surface area contributed by atoms with E-state index < -0.39 is 6.10 Å². The first-order chi connectivity index (χ1) is 8.45. The highest BCUT2D eigenvalue weighted by molar-refractivity contribution is 6.30. The average Bonchev–Trinajstić information content (AvgIpc) is 2.36. The maximum absolute atomic E-state index is 12.0. The number of halogens is 1. The molecule has 0 radical (unpaired) electrons. The lowest BCUT2D eigenvalue weighted by molar-refractivity contribution is -0.139. The van der Waals surface area contributed by atoms with E-state index in [1.165, 1.54) is 4.90 Å². The monoisotopic (exact) mass is 271 g/mol. The van der Waals surface area contributed by atoms with E-state index in [2.05, 4.69) is 0 Å². The normalized spacial score (nSPS) is 13.8. The lowest BCUT2D eigenvalue weighted by atomic mass is 10.2. The van der Waals surface area contributed by atoms with Crippen LogP contribution in [-0.4, -0.2) is 41.7 Å². The van der Waals surface area contributed by atoms with Crippen molar-refractivity contribution in [1.82, 2.24) is 4.90 Å². The summed E-state index contributed by atoms with van der Waals surface area (Å²) in [4.78, 5) is 13.5. The Hall–Kier alpha value is -1.26. The molecular formula is C13H18ClNO3. The summed E-state index contributed by atoms with van der Waals surface area (Å²) in [6.45, 7) is 3.36. The molecule has 1 aromatic rings. The summed E-state index contributed by atoms with van der Waals surface area (Å²) in [6.07, 6.45) is -0.623. The predicted octanol–water partition coefficient (Wildman–Crippen LogP) is 1.95. The number of nitrogens with zero attached hydrogens (tertiary/aromatic N) is 1. The molecule has 4 nitrogen and oxygen atoms in total. The van der Waals surface area contributed by atoms with Crippen molar-refractivity contribution in [1.29, 1.82) is 0 Å². The van der Waals surface area contributed by atoms with Crippen LogP contribution in [0.15, 0.2) is 24.3 Å². The summed E-state index contributed by atoms with van der Waals surface area (Å²) >= 11 is 5.83. The Morgan fingerprint density at radius 2 is 2.17 bits per heavy atom. The summed E-state index contributed by atoms with van der Waals surface area (Å²) in [5.74, 6) is 0.366. The van der Waals surface area contributed by atoms with E-state index in [-0.39, 0.29) is 18.6 Å². The molecule has 0 saturated carbocycles. The van der Waals surface area contributed by atoms with Gasteiger partial charge in [0.25, 0.3) is 5.91 Å². The van der Waals surface area contributed by atoms with E-state index in [0.717, 1.165) is 0 Å². The van der Waals surface area contributed by atoms with Crippen molar-refractivity contribution in [3.05, 3.63) is 29.3 Å². The van der Waals surface area contributed by atoms with Crippen LogP contribution in [0, 0.1) is 0 Å². The highest BCUT2D eigenvalue weighted by atomic mass is 35.5. The Morgan fingerprint density at radius 3 is 2.72 bits per heavy atom. The number of hydrogen-bond acceptors (Lipinski definition) is 3. The molecule has 1 aromatic carbocycles. The van der Waals surface area contributed by atoms with Crippen LogP contribution in [0.4, 0.5) is 0 Å². The minimum Gasteiger partial charge on any atom is -0.481 e. The molecule has 18 heavy (non-hydrogen) atoms. The van der Waals surface area contributed by atoms with E-state index in [1.54, 1.807) is 45.2 Å². The third-order valence-electron chi connectivity index (χ3n) is 2.73. The van der Waals surface area contributed by atoms with Gasteiger partial charge in [0.1, 0.15) is 5.75 Å². The van der Waals surface area contributed by atoms with Crippen LogP contribution in [0.2, 0.25) is 5.02 Å². The van der Waals surface area contributed by atoms with Crippen molar-refractivity contribution in [3.63, 3.8) is 0 Å². The Balaban J connectivity index is 2.65. The van der Waals surface area contributed by atoms with Crippen molar-refractivity contribution >= 4 is 17.5 Å². The van der Waals surface area contributed by atoms with Gasteiger partial charge in [-0.2, -0.15) is 0 Å². The molecule has 2 unspecified atom stereocenters. The van der Waals surface area contributed by atoms with Crippen molar-refractivity contribution < 1.29 is 14.6 Å². The maximum Gasteiger partial charge on any atom is 0.263 e. The molecule has 0 aliphatic heterocycles. The van der Waals surface area contributed by atoms with Crippen LogP contribution < -0.4 is 4.74 Å². The smallest absolute Gasteiger partial charge is 0.263 e. The molecule has 0 saturated heterocycles. The first-order valence-electron chi connectivity index (χ1n) is 5.75. The first kappa shape index (κ1) is 14.8. The molecular weight excluding hydrogens is 254 g/mol. The molecule has 0 fully saturated rings. The second-order valence-corrected chi connectivity index (χ2v) is 4.63. The molecule has 1 amide bonds.